The van der Waals surface area contributed by atoms with E-state index in [-0.39, 0.29) is 24.8 Å². The quantitative estimate of drug-likeness (QED) is 0.481. The minimum atomic E-state index is -0.280. The van der Waals surface area contributed by atoms with Gasteiger partial charge in [0, 0.05) is 6.54 Å². The number of halogens is 1. The van der Waals surface area contributed by atoms with Crippen molar-refractivity contribution in [3.05, 3.63) is 34.9 Å². The molecule has 0 atom stereocenters. The van der Waals surface area contributed by atoms with E-state index in [1.807, 2.05) is 0 Å². The molecular weight excluding hydrogens is 314 g/mol. The predicted molar refractivity (Wildman–Crippen MR) is 92.7 cm³/mol. The van der Waals surface area contributed by atoms with Crippen LogP contribution >= 0.6 is 11.6 Å². The fourth-order valence-corrected chi connectivity index (χ4v) is 2.38. The van der Waals surface area contributed by atoms with Crippen LogP contribution in [0.2, 0.25) is 5.02 Å². The first-order valence-corrected chi connectivity index (χ1v) is 8.71. The highest BCUT2D eigenvalue weighted by atomic mass is 35.5. The molecule has 0 radical (unpaired) electrons. The molecule has 0 spiro atoms. The summed E-state index contributed by atoms with van der Waals surface area (Å²) in [6.07, 6.45) is 7.11. The number of ether oxygens (including phenoxy) is 1. The van der Waals surface area contributed by atoms with Gasteiger partial charge in [0.25, 0.3) is 5.91 Å². The number of unbranched alkanes of at least 4 members (excludes halogenated alkanes) is 5. The van der Waals surface area contributed by atoms with Crippen LogP contribution in [0.4, 0.5) is 0 Å². The fraction of sp³-hybridized carbons (Fsp3) is 0.556. The van der Waals surface area contributed by atoms with Crippen molar-refractivity contribution in [2.24, 2.45) is 0 Å². The fourth-order valence-electron chi connectivity index (χ4n) is 2.16. The molecule has 23 heavy (non-hydrogen) atoms. The molecule has 1 aromatic carbocycles. The van der Waals surface area contributed by atoms with Crippen LogP contribution in [0.3, 0.4) is 0 Å². The van der Waals surface area contributed by atoms with Gasteiger partial charge in [-0.1, -0.05) is 62.8 Å². The molecule has 0 heterocycles. The molecular formula is C18H26ClNO3. The van der Waals surface area contributed by atoms with Gasteiger partial charge in [-0.25, -0.2) is 0 Å². The molecule has 0 unspecified atom stereocenters. The smallest absolute Gasteiger partial charge is 0.307 e. The van der Waals surface area contributed by atoms with Crippen molar-refractivity contribution in [1.29, 1.82) is 0 Å². The van der Waals surface area contributed by atoms with E-state index in [1.165, 1.54) is 25.7 Å². The molecule has 1 rings (SSSR count). The molecule has 4 nitrogen and oxygen atoms in total. The van der Waals surface area contributed by atoms with Crippen LogP contribution in [0.5, 0.6) is 0 Å². The van der Waals surface area contributed by atoms with E-state index >= 15 is 0 Å². The molecule has 1 N–H and O–H groups in total. The number of hydrogen-bond acceptors (Lipinski definition) is 3. The topological polar surface area (TPSA) is 55.4 Å². The Kier molecular flexibility index (Phi) is 10.1. The lowest BCUT2D eigenvalue weighted by atomic mass is 10.1. The van der Waals surface area contributed by atoms with Crippen LogP contribution in [-0.2, 0) is 9.53 Å². The summed E-state index contributed by atoms with van der Waals surface area (Å²) >= 11 is 5.94. The molecule has 1 aromatic rings. The van der Waals surface area contributed by atoms with Gasteiger partial charge in [0.15, 0.2) is 0 Å². The third-order valence-electron chi connectivity index (χ3n) is 3.49. The summed E-state index contributed by atoms with van der Waals surface area (Å²) < 4.78 is 5.14. The van der Waals surface area contributed by atoms with Crippen molar-refractivity contribution >= 4 is 23.5 Å². The number of esters is 1. The lowest BCUT2D eigenvalue weighted by molar-refractivity contribution is -0.143. The highest BCUT2D eigenvalue weighted by Crippen LogP contribution is 2.14. The number of rotatable bonds is 11. The van der Waals surface area contributed by atoms with Crippen molar-refractivity contribution in [3.63, 3.8) is 0 Å². The number of carbonyl (C=O) groups excluding carboxylic acids is 2. The summed E-state index contributed by atoms with van der Waals surface area (Å²) in [6.45, 7) is 2.90. The second-order valence-corrected chi connectivity index (χ2v) is 5.88. The van der Waals surface area contributed by atoms with Crippen LogP contribution in [0.1, 0.15) is 62.2 Å². The first kappa shape index (κ1) is 19.5. The molecule has 0 aliphatic heterocycles. The Labute approximate surface area is 143 Å². The largest absolute Gasteiger partial charge is 0.466 e. The standard InChI is InChI=1S/C18H26ClNO3/c1-2-3-4-5-6-9-14-23-17(21)12-13-20-18(22)15-10-7-8-11-16(15)19/h7-8,10-11H,2-6,9,12-14H2,1H3,(H,20,22). The minimum Gasteiger partial charge on any atom is -0.466 e. The zero-order valence-electron chi connectivity index (χ0n) is 13.8. The number of benzene rings is 1. The Morgan fingerprint density at radius 2 is 1.78 bits per heavy atom. The first-order valence-electron chi connectivity index (χ1n) is 8.33. The molecule has 0 aliphatic carbocycles. The van der Waals surface area contributed by atoms with Gasteiger partial charge in [-0.3, -0.25) is 9.59 Å². The van der Waals surface area contributed by atoms with E-state index in [9.17, 15) is 9.59 Å². The van der Waals surface area contributed by atoms with Gasteiger partial charge >= 0.3 is 5.97 Å². The van der Waals surface area contributed by atoms with E-state index in [0.29, 0.717) is 17.2 Å². The molecule has 0 saturated carbocycles. The molecule has 128 valence electrons. The monoisotopic (exact) mass is 339 g/mol. The van der Waals surface area contributed by atoms with Crippen molar-refractivity contribution in [2.75, 3.05) is 13.2 Å². The Morgan fingerprint density at radius 3 is 2.52 bits per heavy atom. The predicted octanol–water partition coefficient (Wildman–Crippen LogP) is 4.36. The molecule has 0 aromatic heterocycles. The van der Waals surface area contributed by atoms with Crippen LogP contribution in [0, 0.1) is 0 Å². The molecule has 0 saturated heterocycles. The zero-order valence-corrected chi connectivity index (χ0v) is 14.5. The summed E-state index contributed by atoms with van der Waals surface area (Å²) in [5.41, 5.74) is 0.412. The molecule has 0 fully saturated rings. The van der Waals surface area contributed by atoms with E-state index < -0.39 is 0 Å². The Balaban J connectivity index is 2.08. The summed E-state index contributed by atoms with van der Waals surface area (Å²) in [4.78, 5) is 23.4. The third kappa shape index (κ3) is 8.60. The lowest BCUT2D eigenvalue weighted by Crippen LogP contribution is -2.26. The van der Waals surface area contributed by atoms with Crippen molar-refractivity contribution in [3.8, 4) is 0 Å². The van der Waals surface area contributed by atoms with E-state index in [2.05, 4.69) is 12.2 Å². The maximum Gasteiger partial charge on any atom is 0.307 e. The second-order valence-electron chi connectivity index (χ2n) is 5.47. The molecule has 5 heteroatoms. The number of hydrogen-bond donors (Lipinski definition) is 1. The Hall–Kier alpha value is -1.55. The van der Waals surface area contributed by atoms with Gasteiger partial charge in [-0.05, 0) is 18.6 Å². The van der Waals surface area contributed by atoms with Crippen molar-refractivity contribution < 1.29 is 14.3 Å². The zero-order chi connectivity index (χ0) is 16.9. The van der Waals surface area contributed by atoms with E-state index in [1.54, 1.807) is 24.3 Å². The van der Waals surface area contributed by atoms with Gasteiger partial charge in [0.2, 0.25) is 0 Å². The van der Waals surface area contributed by atoms with Gasteiger partial charge in [0.05, 0.1) is 23.6 Å². The average molecular weight is 340 g/mol. The third-order valence-corrected chi connectivity index (χ3v) is 3.82. The van der Waals surface area contributed by atoms with Crippen LogP contribution in [-0.4, -0.2) is 25.0 Å². The number of amides is 1. The van der Waals surface area contributed by atoms with Crippen LogP contribution in [0.15, 0.2) is 24.3 Å². The summed E-state index contributed by atoms with van der Waals surface area (Å²) in [5, 5.41) is 3.07. The maximum absolute atomic E-state index is 11.9. The minimum absolute atomic E-state index is 0.173. The first-order chi connectivity index (χ1) is 11.1. The highest BCUT2D eigenvalue weighted by molar-refractivity contribution is 6.33. The van der Waals surface area contributed by atoms with Crippen molar-refractivity contribution in [2.45, 2.75) is 51.9 Å². The number of nitrogens with one attached hydrogen (secondary N) is 1. The normalized spacial score (nSPS) is 10.3. The number of carbonyl (C=O) groups is 2. The summed E-state index contributed by atoms with van der Waals surface area (Å²) in [6, 6.07) is 6.81. The van der Waals surface area contributed by atoms with Gasteiger partial charge in [-0.2, -0.15) is 0 Å². The van der Waals surface area contributed by atoms with Gasteiger partial charge in [0.1, 0.15) is 0 Å². The van der Waals surface area contributed by atoms with Gasteiger partial charge < -0.3 is 10.1 Å². The van der Waals surface area contributed by atoms with Gasteiger partial charge in [-0.15, -0.1) is 0 Å². The summed E-state index contributed by atoms with van der Waals surface area (Å²) in [5.74, 6) is -0.558. The molecule has 0 bridgehead atoms. The molecule has 1 amide bonds. The van der Waals surface area contributed by atoms with Crippen LogP contribution in [0.25, 0.3) is 0 Å². The van der Waals surface area contributed by atoms with Crippen molar-refractivity contribution in [1.82, 2.24) is 5.32 Å². The Bertz CT molecular complexity index is 491. The highest BCUT2D eigenvalue weighted by Gasteiger charge is 2.10. The van der Waals surface area contributed by atoms with E-state index in [4.69, 9.17) is 16.3 Å². The lowest BCUT2D eigenvalue weighted by Gasteiger charge is -2.07. The second kappa shape index (κ2) is 11.9. The molecule has 0 aliphatic rings. The average Bonchev–Trinajstić information content (AvgIpc) is 2.54. The SMILES string of the molecule is CCCCCCCCOC(=O)CCNC(=O)c1ccccc1Cl. The maximum atomic E-state index is 11.9. The van der Waals surface area contributed by atoms with Crippen LogP contribution < -0.4 is 5.32 Å². The summed E-state index contributed by atoms with van der Waals surface area (Å²) in [7, 11) is 0. The Morgan fingerprint density at radius 1 is 1.09 bits per heavy atom. The van der Waals surface area contributed by atoms with E-state index in [0.717, 1.165) is 12.8 Å².